The molecule has 0 atom stereocenters. The normalized spacial score (nSPS) is 17.2. The highest BCUT2D eigenvalue weighted by molar-refractivity contribution is 14.0. The summed E-state index contributed by atoms with van der Waals surface area (Å²) in [5.41, 5.74) is 6.55. The van der Waals surface area contributed by atoms with Gasteiger partial charge in [0.25, 0.3) is 0 Å². The molecule has 124 valence electrons. The van der Waals surface area contributed by atoms with Crippen LogP contribution in [0.5, 0.6) is 5.75 Å². The lowest BCUT2D eigenvalue weighted by molar-refractivity contribution is -0.274. The molecule has 1 aliphatic carbocycles. The van der Waals surface area contributed by atoms with Gasteiger partial charge in [0.2, 0.25) is 0 Å². The van der Waals surface area contributed by atoms with Gasteiger partial charge in [-0.2, -0.15) is 0 Å². The van der Waals surface area contributed by atoms with E-state index in [0.29, 0.717) is 12.2 Å². The number of rotatable bonds is 4. The third kappa shape index (κ3) is 5.90. The predicted octanol–water partition coefficient (Wildman–Crippen LogP) is 4.12. The second-order valence-corrected chi connectivity index (χ2v) is 5.56. The maximum absolute atomic E-state index is 12.0. The van der Waals surface area contributed by atoms with Gasteiger partial charge in [-0.15, -0.1) is 37.1 Å². The van der Waals surface area contributed by atoms with Gasteiger partial charge < -0.3 is 15.8 Å². The van der Waals surface area contributed by atoms with E-state index in [1.807, 2.05) is 0 Å². The Morgan fingerprint density at radius 2 is 1.91 bits per heavy atom. The molecule has 0 heterocycles. The number of guanidine groups is 1. The Morgan fingerprint density at radius 3 is 2.36 bits per heavy atom. The minimum absolute atomic E-state index is 0. The maximum Gasteiger partial charge on any atom is 0.573 e. The van der Waals surface area contributed by atoms with Crippen LogP contribution in [0.1, 0.15) is 26.2 Å². The van der Waals surface area contributed by atoms with Gasteiger partial charge in [-0.3, -0.25) is 4.99 Å². The highest BCUT2D eigenvalue weighted by Crippen LogP contribution is 2.40. The summed E-state index contributed by atoms with van der Waals surface area (Å²) in [6.07, 6.45) is -1.17. The number of halogens is 4. The molecule has 1 aliphatic rings. The number of ether oxygens (including phenoxy) is 1. The monoisotopic (exact) mass is 429 g/mol. The molecule has 1 aromatic rings. The average Bonchev–Trinajstić information content (AvgIpc) is 2.35. The fraction of sp³-hybridized carbons (Fsp3) is 0.500. The SMILES string of the molecule is CC1(CN=C(N)Nc2ccc(OC(F)(F)F)cc2)CCC1.I. The Kier molecular flexibility index (Phi) is 6.33. The standard InChI is InChI=1S/C14H18F3N3O.HI/c1-13(7-2-8-13)9-19-12(18)20-10-3-5-11(6-4-10)21-14(15,16)17;/h3-6H,2,7-9H2,1H3,(H3,18,19,20);1H. The van der Waals surface area contributed by atoms with Crippen molar-refractivity contribution in [3.05, 3.63) is 24.3 Å². The Bertz CT molecular complexity index is 513. The van der Waals surface area contributed by atoms with E-state index in [2.05, 4.69) is 22.0 Å². The number of alkyl halides is 3. The third-order valence-corrected chi connectivity index (χ3v) is 3.55. The van der Waals surface area contributed by atoms with Crippen LogP contribution in [0.2, 0.25) is 0 Å². The molecule has 0 spiro atoms. The largest absolute Gasteiger partial charge is 0.573 e. The first-order valence-electron chi connectivity index (χ1n) is 6.69. The molecule has 0 unspecified atom stereocenters. The van der Waals surface area contributed by atoms with Crippen LogP contribution < -0.4 is 15.8 Å². The number of nitrogens with one attached hydrogen (secondary N) is 1. The van der Waals surface area contributed by atoms with Crippen LogP contribution >= 0.6 is 24.0 Å². The fourth-order valence-corrected chi connectivity index (χ4v) is 2.14. The van der Waals surface area contributed by atoms with Crippen molar-refractivity contribution >= 4 is 35.6 Å². The first-order chi connectivity index (χ1) is 9.76. The molecular formula is C14H19F3IN3O. The van der Waals surface area contributed by atoms with E-state index in [0.717, 1.165) is 12.8 Å². The van der Waals surface area contributed by atoms with Gasteiger partial charge in [0.05, 0.1) is 0 Å². The molecule has 0 aromatic heterocycles. The molecule has 0 aliphatic heterocycles. The zero-order chi connectivity index (χ0) is 15.5. The van der Waals surface area contributed by atoms with Crippen molar-refractivity contribution in [1.82, 2.24) is 0 Å². The van der Waals surface area contributed by atoms with Crippen molar-refractivity contribution in [1.29, 1.82) is 0 Å². The van der Waals surface area contributed by atoms with E-state index in [4.69, 9.17) is 5.73 Å². The summed E-state index contributed by atoms with van der Waals surface area (Å²) < 4.78 is 39.9. The van der Waals surface area contributed by atoms with Crippen LogP contribution in [0.4, 0.5) is 18.9 Å². The smallest absolute Gasteiger partial charge is 0.406 e. The maximum atomic E-state index is 12.0. The fourth-order valence-electron chi connectivity index (χ4n) is 2.14. The zero-order valence-corrected chi connectivity index (χ0v) is 14.4. The van der Waals surface area contributed by atoms with E-state index >= 15 is 0 Å². The third-order valence-electron chi connectivity index (χ3n) is 3.55. The Balaban J connectivity index is 0.00000242. The van der Waals surface area contributed by atoms with Crippen LogP contribution in [-0.4, -0.2) is 18.9 Å². The minimum Gasteiger partial charge on any atom is -0.406 e. The molecule has 0 radical (unpaired) electrons. The summed E-state index contributed by atoms with van der Waals surface area (Å²) in [5.74, 6) is -0.0156. The van der Waals surface area contributed by atoms with Crippen LogP contribution in [0, 0.1) is 5.41 Å². The lowest BCUT2D eigenvalue weighted by Crippen LogP contribution is -2.31. The molecule has 8 heteroatoms. The van der Waals surface area contributed by atoms with Gasteiger partial charge in [0, 0.05) is 12.2 Å². The van der Waals surface area contributed by atoms with Crippen molar-refractivity contribution in [3.63, 3.8) is 0 Å². The van der Waals surface area contributed by atoms with Gasteiger partial charge in [-0.05, 0) is 42.5 Å². The van der Waals surface area contributed by atoms with Gasteiger partial charge in [0.1, 0.15) is 5.75 Å². The number of hydrogen-bond acceptors (Lipinski definition) is 2. The van der Waals surface area contributed by atoms with Gasteiger partial charge in [0.15, 0.2) is 5.96 Å². The van der Waals surface area contributed by atoms with Crippen molar-refractivity contribution in [2.45, 2.75) is 32.5 Å². The van der Waals surface area contributed by atoms with Crippen molar-refractivity contribution in [2.75, 3.05) is 11.9 Å². The van der Waals surface area contributed by atoms with Crippen LogP contribution in [-0.2, 0) is 0 Å². The van der Waals surface area contributed by atoms with Crippen LogP contribution in [0.3, 0.4) is 0 Å². The minimum atomic E-state index is -4.69. The molecule has 1 aromatic carbocycles. The molecule has 4 nitrogen and oxygen atoms in total. The summed E-state index contributed by atoms with van der Waals surface area (Å²) in [7, 11) is 0. The molecule has 3 N–H and O–H groups in total. The molecule has 0 amide bonds. The lowest BCUT2D eigenvalue weighted by Gasteiger charge is -2.36. The predicted molar refractivity (Wildman–Crippen MR) is 90.6 cm³/mol. The molecule has 1 saturated carbocycles. The van der Waals surface area contributed by atoms with E-state index in [9.17, 15) is 13.2 Å². The zero-order valence-electron chi connectivity index (χ0n) is 12.1. The molecule has 1 fully saturated rings. The van der Waals surface area contributed by atoms with Gasteiger partial charge in [-0.25, -0.2) is 0 Å². The molecule has 2 rings (SSSR count). The first-order valence-corrected chi connectivity index (χ1v) is 6.69. The summed E-state index contributed by atoms with van der Waals surface area (Å²) in [6.45, 7) is 2.82. The Morgan fingerprint density at radius 1 is 1.32 bits per heavy atom. The number of aliphatic imine (C=N–C) groups is 1. The van der Waals surface area contributed by atoms with Crippen molar-refractivity contribution in [3.8, 4) is 5.75 Å². The Labute approximate surface area is 144 Å². The lowest BCUT2D eigenvalue weighted by atomic mass is 9.71. The van der Waals surface area contributed by atoms with Crippen molar-refractivity contribution < 1.29 is 17.9 Å². The number of hydrogen-bond donors (Lipinski definition) is 2. The number of nitrogens with zero attached hydrogens (tertiary/aromatic N) is 1. The molecule has 0 bridgehead atoms. The summed E-state index contributed by atoms with van der Waals surface area (Å²) in [4.78, 5) is 4.27. The van der Waals surface area contributed by atoms with Crippen LogP contribution in [0.25, 0.3) is 0 Å². The average molecular weight is 429 g/mol. The van der Waals surface area contributed by atoms with Crippen LogP contribution in [0.15, 0.2) is 29.3 Å². The number of anilines is 1. The molecular weight excluding hydrogens is 410 g/mol. The summed E-state index contributed by atoms with van der Waals surface area (Å²) in [6, 6.07) is 5.34. The van der Waals surface area contributed by atoms with Gasteiger partial charge >= 0.3 is 6.36 Å². The quantitative estimate of drug-likeness (QED) is 0.430. The second kappa shape index (κ2) is 7.38. The summed E-state index contributed by atoms with van der Waals surface area (Å²) in [5, 5.41) is 2.84. The first kappa shape index (κ1) is 18.9. The molecule has 22 heavy (non-hydrogen) atoms. The highest BCUT2D eigenvalue weighted by Gasteiger charge is 2.31. The van der Waals surface area contributed by atoms with E-state index in [1.54, 1.807) is 0 Å². The molecule has 0 saturated heterocycles. The highest BCUT2D eigenvalue weighted by atomic mass is 127. The Hall–Kier alpha value is -1.19. The summed E-state index contributed by atoms with van der Waals surface area (Å²) >= 11 is 0. The van der Waals surface area contributed by atoms with E-state index in [-0.39, 0.29) is 41.1 Å². The number of benzene rings is 1. The van der Waals surface area contributed by atoms with E-state index in [1.165, 1.54) is 30.7 Å². The topological polar surface area (TPSA) is 59.6 Å². The second-order valence-electron chi connectivity index (χ2n) is 5.56. The van der Waals surface area contributed by atoms with Crippen molar-refractivity contribution in [2.24, 2.45) is 16.1 Å². The number of nitrogens with two attached hydrogens (primary N) is 1. The van der Waals surface area contributed by atoms with Gasteiger partial charge in [-0.1, -0.05) is 13.3 Å². The van der Waals surface area contributed by atoms with E-state index < -0.39 is 6.36 Å².